The molecule has 0 saturated carbocycles. The van der Waals surface area contributed by atoms with Crippen molar-refractivity contribution in [1.29, 1.82) is 0 Å². The summed E-state index contributed by atoms with van der Waals surface area (Å²) in [6.07, 6.45) is 10.6. The second kappa shape index (κ2) is 9.86. The molecule has 1 aliphatic rings. The summed E-state index contributed by atoms with van der Waals surface area (Å²) in [5.74, 6) is 0. The largest absolute Gasteiger partial charge is 0.376 e. The van der Waals surface area contributed by atoms with Gasteiger partial charge in [0.05, 0.1) is 25.9 Å². The van der Waals surface area contributed by atoms with E-state index in [1.807, 2.05) is 0 Å². The Morgan fingerprint density at radius 1 is 1.06 bits per heavy atom. The van der Waals surface area contributed by atoms with Gasteiger partial charge in [-0.1, -0.05) is 51.9 Å². The fraction of sp³-hybridized carbons (Fsp3) is 1.00. The fourth-order valence-corrected chi connectivity index (χ4v) is 2.28. The Balaban J connectivity index is 1.90. The Hall–Kier alpha value is -0.120. The molecule has 0 amide bonds. The molecule has 0 aromatic carbocycles. The van der Waals surface area contributed by atoms with Crippen molar-refractivity contribution < 1.29 is 9.47 Å². The lowest BCUT2D eigenvalue weighted by molar-refractivity contribution is -0.0978. The van der Waals surface area contributed by atoms with Gasteiger partial charge in [0.1, 0.15) is 0 Å². The maximum Gasteiger partial charge on any atom is 0.0959 e. The molecule has 2 unspecified atom stereocenters. The third-order valence-corrected chi connectivity index (χ3v) is 3.46. The van der Waals surface area contributed by atoms with Gasteiger partial charge in [-0.3, -0.25) is 0 Å². The molecule has 1 saturated heterocycles. The zero-order valence-corrected chi connectivity index (χ0v) is 11.3. The molecule has 0 aromatic heterocycles. The van der Waals surface area contributed by atoms with E-state index in [9.17, 15) is 0 Å². The Kier molecular flexibility index (Phi) is 8.67. The molecular weight excluding hydrogens is 214 g/mol. The van der Waals surface area contributed by atoms with E-state index in [1.165, 1.54) is 44.9 Å². The van der Waals surface area contributed by atoms with Gasteiger partial charge in [-0.25, -0.2) is 0 Å². The highest BCUT2D eigenvalue weighted by atomic mass is 16.6. The van der Waals surface area contributed by atoms with Crippen molar-refractivity contribution >= 4 is 0 Å². The van der Waals surface area contributed by atoms with Gasteiger partial charge in [-0.2, -0.15) is 0 Å². The highest BCUT2D eigenvalue weighted by molar-refractivity contribution is 4.75. The molecule has 0 bridgehead atoms. The Bertz CT molecular complexity index is 170. The third-order valence-electron chi connectivity index (χ3n) is 3.46. The molecule has 3 heteroatoms. The number of unbranched alkanes of at least 4 members (excludes halogenated alkanes) is 6. The predicted octanol–water partition coefficient (Wildman–Crippen LogP) is 2.87. The van der Waals surface area contributed by atoms with E-state index in [4.69, 9.17) is 15.2 Å². The molecule has 2 atom stereocenters. The van der Waals surface area contributed by atoms with E-state index in [1.54, 1.807) is 0 Å². The monoisotopic (exact) mass is 243 g/mol. The molecular formula is C14H29NO2. The lowest BCUT2D eigenvalue weighted by Crippen LogP contribution is -2.43. The molecule has 1 heterocycles. The van der Waals surface area contributed by atoms with E-state index in [0.717, 1.165) is 13.0 Å². The second-order valence-electron chi connectivity index (χ2n) is 5.06. The van der Waals surface area contributed by atoms with Crippen LogP contribution in [0.1, 0.15) is 58.3 Å². The SMILES string of the molecule is CCCCCCCCCC(N)C1COCCO1. The maximum absolute atomic E-state index is 6.11. The van der Waals surface area contributed by atoms with E-state index in [-0.39, 0.29) is 12.1 Å². The second-order valence-corrected chi connectivity index (χ2v) is 5.06. The first-order valence-electron chi connectivity index (χ1n) is 7.29. The molecule has 2 N–H and O–H groups in total. The van der Waals surface area contributed by atoms with E-state index < -0.39 is 0 Å². The summed E-state index contributed by atoms with van der Waals surface area (Å²) in [4.78, 5) is 0. The fourth-order valence-electron chi connectivity index (χ4n) is 2.28. The van der Waals surface area contributed by atoms with Gasteiger partial charge in [0.15, 0.2) is 0 Å². The van der Waals surface area contributed by atoms with E-state index in [0.29, 0.717) is 13.2 Å². The van der Waals surface area contributed by atoms with Crippen LogP contribution in [0.5, 0.6) is 0 Å². The van der Waals surface area contributed by atoms with Crippen molar-refractivity contribution in [3.05, 3.63) is 0 Å². The van der Waals surface area contributed by atoms with Crippen LogP contribution >= 0.6 is 0 Å². The summed E-state index contributed by atoms with van der Waals surface area (Å²) >= 11 is 0. The standard InChI is InChI=1S/C14H29NO2/c1-2-3-4-5-6-7-8-9-13(15)14-12-16-10-11-17-14/h13-14H,2-12,15H2,1H3. The van der Waals surface area contributed by atoms with Crippen LogP contribution < -0.4 is 5.73 Å². The zero-order chi connectivity index (χ0) is 12.3. The van der Waals surface area contributed by atoms with Crippen LogP contribution in [0.25, 0.3) is 0 Å². The summed E-state index contributed by atoms with van der Waals surface area (Å²) in [7, 11) is 0. The number of nitrogens with two attached hydrogens (primary N) is 1. The average Bonchev–Trinajstić information content (AvgIpc) is 2.38. The van der Waals surface area contributed by atoms with Crippen LogP contribution in [-0.2, 0) is 9.47 Å². The lowest BCUT2D eigenvalue weighted by atomic mass is 10.0. The minimum atomic E-state index is 0.129. The summed E-state index contributed by atoms with van der Waals surface area (Å²) in [5.41, 5.74) is 6.11. The van der Waals surface area contributed by atoms with Crippen LogP contribution in [0.15, 0.2) is 0 Å². The highest BCUT2D eigenvalue weighted by Crippen LogP contribution is 2.13. The molecule has 3 nitrogen and oxygen atoms in total. The lowest BCUT2D eigenvalue weighted by Gasteiger charge is -2.27. The first kappa shape index (κ1) is 14.9. The molecule has 1 rings (SSSR count). The van der Waals surface area contributed by atoms with Crippen LogP contribution in [0.3, 0.4) is 0 Å². The first-order chi connectivity index (χ1) is 8.34. The van der Waals surface area contributed by atoms with Gasteiger partial charge in [0.25, 0.3) is 0 Å². The van der Waals surface area contributed by atoms with Crippen LogP contribution in [0, 0.1) is 0 Å². The van der Waals surface area contributed by atoms with Gasteiger partial charge >= 0.3 is 0 Å². The zero-order valence-electron chi connectivity index (χ0n) is 11.3. The Morgan fingerprint density at radius 2 is 1.76 bits per heavy atom. The van der Waals surface area contributed by atoms with Gasteiger partial charge in [0.2, 0.25) is 0 Å². The normalized spacial score (nSPS) is 22.6. The van der Waals surface area contributed by atoms with Crippen molar-refractivity contribution in [2.45, 2.75) is 70.4 Å². The van der Waals surface area contributed by atoms with Crippen molar-refractivity contribution in [1.82, 2.24) is 0 Å². The summed E-state index contributed by atoms with van der Waals surface area (Å²) < 4.78 is 11.0. The third kappa shape index (κ3) is 7.02. The van der Waals surface area contributed by atoms with Crippen molar-refractivity contribution in [3.8, 4) is 0 Å². The molecule has 102 valence electrons. The number of hydrogen-bond donors (Lipinski definition) is 1. The molecule has 17 heavy (non-hydrogen) atoms. The quantitative estimate of drug-likeness (QED) is 0.633. The van der Waals surface area contributed by atoms with Crippen molar-refractivity contribution in [2.24, 2.45) is 5.73 Å². The molecule has 0 spiro atoms. The number of ether oxygens (including phenoxy) is 2. The topological polar surface area (TPSA) is 44.5 Å². The average molecular weight is 243 g/mol. The molecule has 1 fully saturated rings. The first-order valence-corrected chi connectivity index (χ1v) is 7.29. The molecule has 0 aromatic rings. The number of hydrogen-bond acceptors (Lipinski definition) is 3. The predicted molar refractivity (Wildman–Crippen MR) is 71.1 cm³/mol. The summed E-state index contributed by atoms with van der Waals surface area (Å²) in [5, 5.41) is 0. The van der Waals surface area contributed by atoms with Crippen molar-refractivity contribution in [3.63, 3.8) is 0 Å². The van der Waals surface area contributed by atoms with Crippen LogP contribution in [-0.4, -0.2) is 32.0 Å². The number of rotatable bonds is 9. The smallest absolute Gasteiger partial charge is 0.0959 e. The van der Waals surface area contributed by atoms with Gasteiger partial charge < -0.3 is 15.2 Å². The summed E-state index contributed by atoms with van der Waals surface area (Å²) in [6, 6.07) is 0.158. The Morgan fingerprint density at radius 3 is 2.41 bits per heavy atom. The summed E-state index contributed by atoms with van der Waals surface area (Å²) in [6.45, 7) is 4.36. The van der Waals surface area contributed by atoms with E-state index in [2.05, 4.69) is 6.92 Å². The Labute approximate surface area is 106 Å². The minimum absolute atomic E-state index is 0.129. The maximum atomic E-state index is 6.11. The van der Waals surface area contributed by atoms with Crippen LogP contribution in [0.2, 0.25) is 0 Å². The van der Waals surface area contributed by atoms with Gasteiger partial charge in [0, 0.05) is 6.04 Å². The minimum Gasteiger partial charge on any atom is -0.376 e. The van der Waals surface area contributed by atoms with Gasteiger partial charge in [-0.05, 0) is 6.42 Å². The van der Waals surface area contributed by atoms with Crippen molar-refractivity contribution in [2.75, 3.05) is 19.8 Å². The van der Waals surface area contributed by atoms with E-state index >= 15 is 0 Å². The molecule has 0 aliphatic carbocycles. The van der Waals surface area contributed by atoms with Gasteiger partial charge in [-0.15, -0.1) is 0 Å². The molecule has 1 aliphatic heterocycles. The van der Waals surface area contributed by atoms with Crippen LogP contribution in [0.4, 0.5) is 0 Å². The highest BCUT2D eigenvalue weighted by Gasteiger charge is 2.21. The molecule has 0 radical (unpaired) electrons.